The summed E-state index contributed by atoms with van der Waals surface area (Å²) in [6, 6.07) is 14.6. The van der Waals surface area contributed by atoms with E-state index in [9.17, 15) is 15.2 Å². The molecule has 0 radical (unpaired) electrons. The molecule has 3 unspecified atom stereocenters. The Morgan fingerprint density at radius 2 is 2.08 bits per heavy atom. The zero-order valence-corrected chi connectivity index (χ0v) is 13.7. The van der Waals surface area contributed by atoms with Crippen molar-refractivity contribution in [3.63, 3.8) is 0 Å². The molecule has 1 aliphatic carbocycles. The average molecular weight is 326 g/mol. The van der Waals surface area contributed by atoms with Crippen LogP contribution in [0.3, 0.4) is 0 Å². The number of fused-ring (bicyclic) bond motifs is 1. The fraction of sp³-hybridized carbons (Fsp3) is 0.368. The number of benzene rings is 2. The number of rotatable bonds is 6. The summed E-state index contributed by atoms with van der Waals surface area (Å²) in [6.07, 6.45) is 1.97. The van der Waals surface area contributed by atoms with Gasteiger partial charge in [0, 0.05) is 24.6 Å². The molecule has 126 valence electrons. The molecule has 24 heavy (non-hydrogen) atoms. The quantitative estimate of drug-likeness (QED) is 0.627. The Labute approximate surface area is 141 Å². The molecule has 2 aromatic carbocycles. The Morgan fingerprint density at radius 3 is 2.83 bits per heavy atom. The van der Waals surface area contributed by atoms with Gasteiger partial charge in [0.1, 0.15) is 0 Å². The molecular formula is C19H22N2O3. The SMILES string of the molecule is CCCC(NC1c2ccccc2CC1O)c1cccc([N+](=O)[O-])c1. The zero-order valence-electron chi connectivity index (χ0n) is 13.7. The van der Waals surface area contributed by atoms with Crippen LogP contribution in [0.1, 0.15) is 48.5 Å². The van der Waals surface area contributed by atoms with Gasteiger partial charge in [-0.3, -0.25) is 10.1 Å². The number of nitrogens with zero attached hydrogens (tertiary/aromatic N) is 1. The van der Waals surface area contributed by atoms with E-state index in [0.717, 1.165) is 29.5 Å². The molecule has 2 N–H and O–H groups in total. The van der Waals surface area contributed by atoms with Gasteiger partial charge < -0.3 is 10.4 Å². The molecule has 1 aliphatic rings. The van der Waals surface area contributed by atoms with E-state index in [0.29, 0.717) is 6.42 Å². The smallest absolute Gasteiger partial charge is 0.269 e. The first-order valence-electron chi connectivity index (χ1n) is 8.36. The fourth-order valence-electron chi connectivity index (χ4n) is 3.48. The monoisotopic (exact) mass is 326 g/mol. The lowest BCUT2D eigenvalue weighted by atomic mass is 9.98. The van der Waals surface area contributed by atoms with Crippen LogP contribution < -0.4 is 5.32 Å². The predicted molar refractivity (Wildman–Crippen MR) is 92.8 cm³/mol. The molecular weight excluding hydrogens is 304 g/mol. The van der Waals surface area contributed by atoms with Crippen molar-refractivity contribution in [2.45, 2.75) is 44.4 Å². The molecule has 3 atom stereocenters. The topological polar surface area (TPSA) is 75.4 Å². The van der Waals surface area contributed by atoms with E-state index in [1.807, 2.05) is 30.3 Å². The zero-order chi connectivity index (χ0) is 17.1. The van der Waals surface area contributed by atoms with Gasteiger partial charge in [-0.05, 0) is 23.1 Å². The van der Waals surface area contributed by atoms with Crippen molar-refractivity contribution in [1.82, 2.24) is 5.32 Å². The van der Waals surface area contributed by atoms with Crippen molar-refractivity contribution >= 4 is 5.69 Å². The minimum absolute atomic E-state index is 0.0271. The predicted octanol–water partition coefficient (Wildman–Crippen LogP) is 3.68. The third-order valence-electron chi connectivity index (χ3n) is 4.65. The highest BCUT2D eigenvalue weighted by Crippen LogP contribution is 2.34. The van der Waals surface area contributed by atoms with Gasteiger partial charge in [-0.2, -0.15) is 0 Å². The van der Waals surface area contributed by atoms with Gasteiger partial charge in [0.25, 0.3) is 5.69 Å². The third-order valence-corrected chi connectivity index (χ3v) is 4.65. The van der Waals surface area contributed by atoms with Crippen LogP contribution >= 0.6 is 0 Å². The number of aliphatic hydroxyl groups excluding tert-OH is 1. The Balaban J connectivity index is 1.87. The summed E-state index contributed by atoms with van der Waals surface area (Å²) in [5.74, 6) is 0. The van der Waals surface area contributed by atoms with E-state index in [2.05, 4.69) is 12.2 Å². The summed E-state index contributed by atoms with van der Waals surface area (Å²) >= 11 is 0. The molecule has 0 saturated heterocycles. The minimum atomic E-state index is -0.472. The Kier molecular flexibility index (Phi) is 4.92. The Hall–Kier alpha value is -2.24. The Bertz CT molecular complexity index is 732. The second-order valence-electron chi connectivity index (χ2n) is 6.31. The summed E-state index contributed by atoms with van der Waals surface area (Å²) in [7, 11) is 0. The summed E-state index contributed by atoms with van der Waals surface area (Å²) in [6.45, 7) is 2.09. The van der Waals surface area contributed by atoms with Crippen LogP contribution in [0.15, 0.2) is 48.5 Å². The van der Waals surface area contributed by atoms with E-state index in [4.69, 9.17) is 0 Å². The van der Waals surface area contributed by atoms with Crippen molar-refractivity contribution in [1.29, 1.82) is 0 Å². The summed E-state index contributed by atoms with van der Waals surface area (Å²) in [5.41, 5.74) is 3.28. The van der Waals surface area contributed by atoms with Crippen molar-refractivity contribution in [2.24, 2.45) is 0 Å². The molecule has 0 bridgehead atoms. The standard InChI is InChI=1S/C19H22N2O3/c1-2-6-17(14-8-5-9-15(11-14)21(23)24)20-19-16-10-4-3-7-13(16)12-18(19)22/h3-5,7-11,17-20,22H,2,6,12H2,1H3. The van der Waals surface area contributed by atoms with Gasteiger partial charge in [-0.15, -0.1) is 0 Å². The fourth-order valence-corrected chi connectivity index (χ4v) is 3.48. The van der Waals surface area contributed by atoms with Crippen LogP contribution in [-0.2, 0) is 6.42 Å². The van der Waals surface area contributed by atoms with E-state index in [1.54, 1.807) is 12.1 Å². The maximum atomic E-state index is 11.0. The first-order chi connectivity index (χ1) is 11.6. The second kappa shape index (κ2) is 7.11. The van der Waals surface area contributed by atoms with Crippen LogP contribution in [0, 0.1) is 10.1 Å². The summed E-state index contributed by atoms with van der Waals surface area (Å²) < 4.78 is 0. The number of nitrogens with one attached hydrogen (secondary N) is 1. The number of nitro groups is 1. The highest BCUT2D eigenvalue weighted by atomic mass is 16.6. The molecule has 5 heteroatoms. The molecule has 0 amide bonds. The van der Waals surface area contributed by atoms with Gasteiger partial charge >= 0.3 is 0 Å². The van der Waals surface area contributed by atoms with E-state index in [1.165, 1.54) is 6.07 Å². The maximum absolute atomic E-state index is 11.0. The normalized spacial score (nSPS) is 20.6. The molecule has 0 saturated carbocycles. The Morgan fingerprint density at radius 1 is 1.29 bits per heavy atom. The van der Waals surface area contributed by atoms with Gasteiger partial charge in [0.2, 0.25) is 0 Å². The summed E-state index contributed by atoms with van der Waals surface area (Å²) in [5, 5.41) is 25.0. The lowest BCUT2D eigenvalue weighted by Crippen LogP contribution is -2.32. The van der Waals surface area contributed by atoms with Gasteiger partial charge in [-0.25, -0.2) is 0 Å². The molecule has 0 aromatic heterocycles. The largest absolute Gasteiger partial charge is 0.391 e. The van der Waals surface area contributed by atoms with Crippen LogP contribution in [0.4, 0.5) is 5.69 Å². The number of nitro benzene ring substituents is 1. The van der Waals surface area contributed by atoms with E-state index < -0.39 is 6.10 Å². The maximum Gasteiger partial charge on any atom is 0.269 e. The molecule has 0 fully saturated rings. The number of hydrogen-bond donors (Lipinski definition) is 2. The molecule has 0 spiro atoms. The number of hydrogen-bond acceptors (Lipinski definition) is 4. The van der Waals surface area contributed by atoms with Crippen LogP contribution in [0.2, 0.25) is 0 Å². The molecule has 3 rings (SSSR count). The van der Waals surface area contributed by atoms with Gasteiger partial charge in [-0.1, -0.05) is 49.7 Å². The number of non-ortho nitro benzene ring substituents is 1. The van der Waals surface area contributed by atoms with Gasteiger partial charge in [0.05, 0.1) is 17.1 Å². The van der Waals surface area contributed by atoms with E-state index >= 15 is 0 Å². The molecule has 5 nitrogen and oxygen atoms in total. The minimum Gasteiger partial charge on any atom is -0.391 e. The van der Waals surface area contributed by atoms with Crippen molar-refractivity contribution < 1.29 is 10.0 Å². The lowest BCUT2D eigenvalue weighted by molar-refractivity contribution is -0.384. The van der Waals surface area contributed by atoms with Crippen molar-refractivity contribution in [2.75, 3.05) is 0 Å². The second-order valence-corrected chi connectivity index (χ2v) is 6.31. The van der Waals surface area contributed by atoms with Gasteiger partial charge in [0.15, 0.2) is 0 Å². The average Bonchev–Trinajstić information content (AvgIpc) is 2.90. The van der Waals surface area contributed by atoms with Crippen LogP contribution in [0.25, 0.3) is 0 Å². The summed E-state index contributed by atoms with van der Waals surface area (Å²) in [4.78, 5) is 10.7. The van der Waals surface area contributed by atoms with Crippen molar-refractivity contribution in [3.05, 3.63) is 75.3 Å². The van der Waals surface area contributed by atoms with Crippen LogP contribution in [-0.4, -0.2) is 16.1 Å². The first kappa shape index (κ1) is 16.6. The first-order valence-corrected chi connectivity index (χ1v) is 8.36. The highest BCUT2D eigenvalue weighted by molar-refractivity contribution is 5.38. The molecule has 0 aliphatic heterocycles. The highest BCUT2D eigenvalue weighted by Gasteiger charge is 2.32. The van der Waals surface area contributed by atoms with Crippen molar-refractivity contribution in [3.8, 4) is 0 Å². The van der Waals surface area contributed by atoms with E-state index in [-0.39, 0.29) is 22.7 Å². The lowest BCUT2D eigenvalue weighted by Gasteiger charge is -2.26. The third kappa shape index (κ3) is 3.32. The molecule has 0 heterocycles. The number of aliphatic hydroxyl groups is 1. The van der Waals surface area contributed by atoms with Crippen LogP contribution in [0.5, 0.6) is 0 Å². The molecule has 2 aromatic rings.